The molecule has 0 fully saturated rings. The van der Waals surface area contributed by atoms with Crippen LogP contribution in [0.15, 0.2) is 18.3 Å². The van der Waals surface area contributed by atoms with Crippen LogP contribution in [0, 0.1) is 0 Å². The molecule has 0 spiro atoms. The fourth-order valence-corrected chi connectivity index (χ4v) is 1.73. The van der Waals surface area contributed by atoms with E-state index in [0.717, 1.165) is 18.7 Å². The maximum absolute atomic E-state index is 11.4. The van der Waals surface area contributed by atoms with Crippen molar-refractivity contribution in [1.82, 2.24) is 14.6 Å². The molecule has 0 aromatic carbocycles. The molecule has 0 saturated carbocycles. The fourth-order valence-electron chi connectivity index (χ4n) is 1.73. The van der Waals surface area contributed by atoms with Crippen LogP contribution in [0.3, 0.4) is 0 Å². The lowest BCUT2D eigenvalue weighted by molar-refractivity contribution is 0.0600. The third-order valence-electron chi connectivity index (χ3n) is 2.65. The van der Waals surface area contributed by atoms with Crippen LogP contribution in [0.1, 0.15) is 22.6 Å². The smallest absolute Gasteiger partial charge is 0.338 e. The number of ether oxygens (including phenoxy) is 2. The second-order valence-electron chi connectivity index (χ2n) is 3.85. The molecule has 0 aliphatic rings. The van der Waals surface area contributed by atoms with Gasteiger partial charge in [-0.25, -0.2) is 4.79 Å². The lowest BCUT2D eigenvalue weighted by atomic mass is 10.2. The van der Waals surface area contributed by atoms with E-state index in [1.807, 2.05) is 4.40 Å². The summed E-state index contributed by atoms with van der Waals surface area (Å²) in [5.74, 6) is 0.486. The molecule has 2 heterocycles. The van der Waals surface area contributed by atoms with Crippen LogP contribution < -0.4 is 0 Å². The summed E-state index contributed by atoms with van der Waals surface area (Å²) in [6.07, 6.45) is 3.45. The number of hydrogen-bond donors (Lipinski definition) is 0. The molecule has 0 N–H and O–H groups in total. The van der Waals surface area contributed by atoms with E-state index in [4.69, 9.17) is 4.74 Å². The minimum absolute atomic E-state index is 0.374. The molecule has 18 heavy (non-hydrogen) atoms. The highest BCUT2D eigenvalue weighted by molar-refractivity contribution is 5.90. The standard InChI is InChI=1S/C12H15N3O3/c1-17-7-3-4-10-13-14-11-8-9(12(16)18-2)5-6-15(10)11/h5-6,8H,3-4,7H2,1-2H3. The van der Waals surface area contributed by atoms with Crippen LogP contribution in [0.25, 0.3) is 5.65 Å². The lowest BCUT2D eigenvalue weighted by Crippen LogP contribution is -2.03. The first kappa shape index (κ1) is 12.5. The summed E-state index contributed by atoms with van der Waals surface area (Å²) in [4.78, 5) is 11.4. The Balaban J connectivity index is 2.23. The van der Waals surface area contributed by atoms with Gasteiger partial charge in [0.05, 0.1) is 12.7 Å². The van der Waals surface area contributed by atoms with Gasteiger partial charge in [0, 0.05) is 26.3 Å². The third kappa shape index (κ3) is 2.48. The molecule has 2 aromatic rings. The van der Waals surface area contributed by atoms with Gasteiger partial charge in [-0.1, -0.05) is 0 Å². The molecular formula is C12H15N3O3. The van der Waals surface area contributed by atoms with E-state index in [0.29, 0.717) is 17.8 Å². The average Bonchev–Trinajstić information content (AvgIpc) is 2.80. The van der Waals surface area contributed by atoms with E-state index < -0.39 is 0 Å². The molecule has 0 radical (unpaired) electrons. The number of fused-ring (bicyclic) bond motifs is 1. The Hall–Kier alpha value is -1.95. The van der Waals surface area contributed by atoms with Crippen molar-refractivity contribution in [2.45, 2.75) is 12.8 Å². The summed E-state index contributed by atoms with van der Waals surface area (Å²) < 4.78 is 11.5. The Bertz CT molecular complexity index is 550. The number of carbonyl (C=O) groups excluding carboxylic acids is 1. The zero-order valence-corrected chi connectivity index (χ0v) is 10.4. The Morgan fingerprint density at radius 3 is 2.94 bits per heavy atom. The van der Waals surface area contributed by atoms with E-state index in [1.165, 1.54) is 7.11 Å². The first-order valence-corrected chi connectivity index (χ1v) is 5.67. The number of methoxy groups -OCH3 is 2. The molecule has 0 aliphatic carbocycles. The fraction of sp³-hybridized carbons (Fsp3) is 0.417. The van der Waals surface area contributed by atoms with Crippen LogP contribution in [0.5, 0.6) is 0 Å². The van der Waals surface area contributed by atoms with Gasteiger partial charge in [-0.05, 0) is 18.6 Å². The quantitative estimate of drug-likeness (QED) is 0.586. The number of rotatable bonds is 5. The maximum Gasteiger partial charge on any atom is 0.338 e. The Morgan fingerprint density at radius 1 is 1.39 bits per heavy atom. The minimum Gasteiger partial charge on any atom is -0.465 e. The highest BCUT2D eigenvalue weighted by Crippen LogP contribution is 2.09. The molecule has 6 nitrogen and oxygen atoms in total. The van der Waals surface area contributed by atoms with Crippen molar-refractivity contribution in [1.29, 1.82) is 0 Å². The highest BCUT2D eigenvalue weighted by Gasteiger charge is 2.10. The summed E-state index contributed by atoms with van der Waals surface area (Å²) in [5.41, 5.74) is 1.12. The van der Waals surface area contributed by atoms with Crippen LogP contribution >= 0.6 is 0 Å². The number of nitrogens with zero attached hydrogens (tertiary/aromatic N) is 3. The minimum atomic E-state index is -0.374. The van der Waals surface area contributed by atoms with E-state index in [9.17, 15) is 4.79 Å². The van der Waals surface area contributed by atoms with Crippen LogP contribution in [0.4, 0.5) is 0 Å². The van der Waals surface area contributed by atoms with Crippen molar-refractivity contribution in [2.75, 3.05) is 20.8 Å². The van der Waals surface area contributed by atoms with E-state index in [2.05, 4.69) is 14.9 Å². The number of hydrogen-bond acceptors (Lipinski definition) is 5. The van der Waals surface area contributed by atoms with Gasteiger partial charge in [0.15, 0.2) is 5.65 Å². The molecule has 0 bridgehead atoms. The number of pyridine rings is 1. The van der Waals surface area contributed by atoms with Crippen LogP contribution in [-0.4, -0.2) is 41.4 Å². The SMILES string of the molecule is COCCCc1nnc2cc(C(=O)OC)ccn12. The molecule has 0 aliphatic heterocycles. The largest absolute Gasteiger partial charge is 0.465 e. The third-order valence-corrected chi connectivity index (χ3v) is 2.65. The van der Waals surface area contributed by atoms with Gasteiger partial charge in [0.2, 0.25) is 0 Å². The van der Waals surface area contributed by atoms with Crippen molar-refractivity contribution in [3.63, 3.8) is 0 Å². The average molecular weight is 249 g/mol. The molecule has 0 amide bonds. The number of aryl methyl sites for hydroxylation is 1. The van der Waals surface area contributed by atoms with Crippen LogP contribution in [0.2, 0.25) is 0 Å². The summed E-state index contributed by atoms with van der Waals surface area (Å²) in [5, 5.41) is 8.14. The van der Waals surface area contributed by atoms with E-state index >= 15 is 0 Å². The lowest BCUT2D eigenvalue weighted by Gasteiger charge is -2.01. The van der Waals surface area contributed by atoms with Gasteiger partial charge in [0.25, 0.3) is 0 Å². The number of esters is 1. The molecule has 6 heteroatoms. The van der Waals surface area contributed by atoms with Crippen molar-refractivity contribution in [3.8, 4) is 0 Å². The van der Waals surface area contributed by atoms with Gasteiger partial charge < -0.3 is 9.47 Å². The zero-order chi connectivity index (χ0) is 13.0. The number of carbonyl (C=O) groups is 1. The summed E-state index contributed by atoms with van der Waals surface area (Å²) >= 11 is 0. The van der Waals surface area contributed by atoms with Crippen molar-refractivity contribution in [3.05, 3.63) is 29.7 Å². The first-order valence-electron chi connectivity index (χ1n) is 5.67. The van der Waals surface area contributed by atoms with Crippen molar-refractivity contribution < 1.29 is 14.3 Å². The molecule has 2 aromatic heterocycles. The predicted molar refractivity (Wildman–Crippen MR) is 64.5 cm³/mol. The second-order valence-corrected chi connectivity index (χ2v) is 3.85. The van der Waals surface area contributed by atoms with Crippen molar-refractivity contribution >= 4 is 11.6 Å². The van der Waals surface area contributed by atoms with Gasteiger partial charge >= 0.3 is 5.97 Å². The Labute approximate surface area is 105 Å². The van der Waals surface area contributed by atoms with E-state index in [1.54, 1.807) is 25.4 Å². The Morgan fingerprint density at radius 2 is 2.22 bits per heavy atom. The number of aromatic nitrogens is 3. The molecular weight excluding hydrogens is 234 g/mol. The van der Waals surface area contributed by atoms with Gasteiger partial charge in [-0.3, -0.25) is 4.40 Å². The Kier molecular flexibility index (Phi) is 3.88. The summed E-state index contributed by atoms with van der Waals surface area (Å²) in [6, 6.07) is 3.36. The normalized spacial score (nSPS) is 10.8. The monoisotopic (exact) mass is 249 g/mol. The summed E-state index contributed by atoms with van der Waals surface area (Å²) in [6.45, 7) is 0.690. The predicted octanol–water partition coefficient (Wildman–Crippen LogP) is 1.09. The summed E-state index contributed by atoms with van der Waals surface area (Å²) in [7, 11) is 3.02. The first-order chi connectivity index (χ1) is 8.76. The molecule has 0 saturated heterocycles. The molecule has 0 atom stereocenters. The maximum atomic E-state index is 11.4. The highest BCUT2D eigenvalue weighted by atomic mass is 16.5. The second kappa shape index (κ2) is 5.59. The van der Waals surface area contributed by atoms with Gasteiger partial charge in [0.1, 0.15) is 5.82 Å². The molecule has 0 unspecified atom stereocenters. The zero-order valence-electron chi connectivity index (χ0n) is 10.4. The van der Waals surface area contributed by atoms with E-state index in [-0.39, 0.29) is 5.97 Å². The topological polar surface area (TPSA) is 65.7 Å². The van der Waals surface area contributed by atoms with Gasteiger partial charge in [-0.2, -0.15) is 0 Å². The molecule has 96 valence electrons. The van der Waals surface area contributed by atoms with Crippen molar-refractivity contribution in [2.24, 2.45) is 0 Å². The van der Waals surface area contributed by atoms with Crippen LogP contribution in [-0.2, 0) is 15.9 Å². The molecule has 2 rings (SSSR count). The van der Waals surface area contributed by atoms with Gasteiger partial charge in [-0.15, -0.1) is 10.2 Å².